The zero-order valence-corrected chi connectivity index (χ0v) is 15.8. The molecule has 1 amide bonds. The molecule has 2 heterocycles. The third-order valence-electron chi connectivity index (χ3n) is 4.87. The number of rotatable bonds is 5. The van der Waals surface area contributed by atoms with Crippen LogP contribution in [0.5, 0.6) is 0 Å². The van der Waals surface area contributed by atoms with E-state index in [1.807, 2.05) is 26.0 Å². The normalized spacial score (nSPS) is 16.8. The Morgan fingerprint density at radius 1 is 1.39 bits per heavy atom. The maximum absolute atomic E-state index is 13.7. The summed E-state index contributed by atoms with van der Waals surface area (Å²) < 4.78 is 34.5. The van der Waals surface area contributed by atoms with Crippen molar-refractivity contribution >= 4 is 17.7 Å². The van der Waals surface area contributed by atoms with Gasteiger partial charge in [0.25, 0.3) is 5.91 Å². The molecule has 2 aromatic rings. The molecular weight excluding hydrogens is 364 g/mol. The van der Waals surface area contributed by atoms with Gasteiger partial charge in [-0.15, -0.1) is 0 Å². The molecule has 1 aliphatic heterocycles. The van der Waals surface area contributed by atoms with Gasteiger partial charge >= 0.3 is 0 Å². The lowest BCUT2D eigenvalue weighted by Crippen LogP contribution is -2.17. The summed E-state index contributed by atoms with van der Waals surface area (Å²) in [5.41, 5.74) is 2.31. The number of ether oxygens (including phenoxy) is 1. The van der Waals surface area contributed by atoms with E-state index in [0.717, 1.165) is 55.1 Å². The van der Waals surface area contributed by atoms with Crippen LogP contribution in [0.3, 0.4) is 0 Å². The maximum atomic E-state index is 13.7. The average Bonchev–Trinajstić information content (AvgIpc) is 3.26. The molecule has 146 valence electrons. The van der Waals surface area contributed by atoms with Gasteiger partial charge in [0.2, 0.25) is 0 Å². The van der Waals surface area contributed by atoms with Crippen LogP contribution in [0.1, 0.15) is 29.8 Å². The Hall–Kier alpha value is -2.98. The number of nitrogens with zero attached hydrogens (tertiary/aromatic N) is 2. The van der Waals surface area contributed by atoms with Gasteiger partial charge in [0, 0.05) is 30.6 Å². The number of amides is 1. The van der Waals surface area contributed by atoms with Crippen molar-refractivity contribution in [3.63, 3.8) is 0 Å². The summed E-state index contributed by atoms with van der Waals surface area (Å²) in [6, 6.07) is 6.57. The van der Waals surface area contributed by atoms with Gasteiger partial charge in [-0.2, -0.15) is 5.26 Å². The van der Waals surface area contributed by atoms with E-state index in [4.69, 9.17) is 4.74 Å². The molecule has 7 heteroatoms. The van der Waals surface area contributed by atoms with Crippen molar-refractivity contribution in [2.45, 2.75) is 39.3 Å². The van der Waals surface area contributed by atoms with Crippen LogP contribution in [0.4, 0.5) is 14.5 Å². The number of benzene rings is 1. The molecule has 5 nitrogen and oxygen atoms in total. The first kappa shape index (κ1) is 19.8. The molecule has 1 unspecified atom stereocenters. The number of hydrogen-bond donors (Lipinski definition) is 1. The Kier molecular flexibility index (Phi) is 5.90. The zero-order valence-electron chi connectivity index (χ0n) is 15.8. The molecule has 1 N–H and O–H groups in total. The molecule has 1 aromatic heterocycles. The minimum Gasteiger partial charge on any atom is -0.376 e. The number of halogens is 2. The molecule has 3 rings (SSSR count). The molecule has 0 radical (unpaired) electrons. The monoisotopic (exact) mass is 385 g/mol. The third kappa shape index (κ3) is 4.29. The van der Waals surface area contributed by atoms with Crippen LogP contribution in [0.15, 0.2) is 29.8 Å². The van der Waals surface area contributed by atoms with Gasteiger partial charge in [-0.25, -0.2) is 8.78 Å². The highest BCUT2D eigenvalue weighted by Gasteiger charge is 2.19. The number of anilines is 1. The fourth-order valence-electron chi connectivity index (χ4n) is 3.33. The Bertz CT molecular complexity index is 967. The van der Waals surface area contributed by atoms with Crippen molar-refractivity contribution in [2.24, 2.45) is 0 Å². The summed E-state index contributed by atoms with van der Waals surface area (Å²) >= 11 is 0. The van der Waals surface area contributed by atoms with Crippen molar-refractivity contribution in [1.82, 2.24) is 4.57 Å². The highest BCUT2D eigenvalue weighted by Crippen LogP contribution is 2.23. The highest BCUT2D eigenvalue weighted by atomic mass is 19.1. The number of carbonyl (C=O) groups excluding carboxylic acids is 1. The minimum absolute atomic E-state index is 0.166. The predicted octanol–water partition coefficient (Wildman–Crippen LogP) is 4.11. The van der Waals surface area contributed by atoms with E-state index < -0.39 is 17.5 Å². The fourth-order valence-corrected chi connectivity index (χ4v) is 3.33. The van der Waals surface area contributed by atoms with E-state index in [0.29, 0.717) is 6.07 Å². The lowest BCUT2D eigenvalue weighted by Gasteiger charge is -2.14. The van der Waals surface area contributed by atoms with Crippen LogP contribution in [0.25, 0.3) is 6.08 Å². The summed E-state index contributed by atoms with van der Waals surface area (Å²) in [6.45, 7) is 5.37. The second-order valence-corrected chi connectivity index (χ2v) is 6.82. The molecule has 0 saturated carbocycles. The van der Waals surface area contributed by atoms with Crippen LogP contribution < -0.4 is 5.32 Å². The first-order valence-electron chi connectivity index (χ1n) is 9.05. The summed E-state index contributed by atoms with van der Waals surface area (Å²) in [5.74, 6) is -2.40. The smallest absolute Gasteiger partial charge is 0.266 e. The van der Waals surface area contributed by atoms with Crippen LogP contribution in [-0.2, 0) is 16.1 Å². The summed E-state index contributed by atoms with van der Waals surface area (Å²) in [5, 5.41) is 11.7. The van der Waals surface area contributed by atoms with Crippen molar-refractivity contribution in [3.8, 4) is 6.07 Å². The van der Waals surface area contributed by atoms with Crippen LogP contribution in [0.2, 0.25) is 0 Å². The molecule has 1 aromatic carbocycles. The first-order valence-corrected chi connectivity index (χ1v) is 9.05. The molecule has 1 aliphatic rings. The highest BCUT2D eigenvalue weighted by molar-refractivity contribution is 6.09. The molecule has 0 bridgehead atoms. The Labute approximate surface area is 162 Å². The van der Waals surface area contributed by atoms with Gasteiger partial charge in [0.15, 0.2) is 0 Å². The standard InChI is InChI=1S/C21H21F2N3O2/c1-13-8-15(14(2)26(13)12-18-4-3-7-28-18)9-16(11-24)21(27)25-20-6-5-17(22)10-19(20)23/h5-6,8-10,18H,3-4,7,12H2,1-2H3,(H,25,27)/b16-9+. The minimum atomic E-state index is -0.902. The van der Waals surface area contributed by atoms with Gasteiger partial charge in [-0.1, -0.05) is 0 Å². The fraction of sp³-hybridized carbons (Fsp3) is 0.333. The number of aromatic nitrogens is 1. The Morgan fingerprint density at radius 3 is 2.82 bits per heavy atom. The van der Waals surface area contributed by atoms with Gasteiger partial charge in [0.1, 0.15) is 23.3 Å². The van der Waals surface area contributed by atoms with Crippen LogP contribution in [-0.4, -0.2) is 23.2 Å². The molecule has 1 fully saturated rings. The lowest BCUT2D eigenvalue weighted by molar-refractivity contribution is -0.112. The molecule has 0 spiro atoms. The van der Waals surface area contributed by atoms with E-state index >= 15 is 0 Å². The van der Waals surface area contributed by atoms with Gasteiger partial charge in [-0.3, -0.25) is 4.79 Å². The zero-order chi connectivity index (χ0) is 20.3. The molecule has 28 heavy (non-hydrogen) atoms. The number of nitriles is 1. The Balaban J connectivity index is 1.82. The first-order chi connectivity index (χ1) is 13.4. The Morgan fingerprint density at radius 2 is 2.18 bits per heavy atom. The number of carbonyl (C=O) groups is 1. The van der Waals surface area contributed by atoms with Crippen molar-refractivity contribution in [1.29, 1.82) is 5.26 Å². The quantitative estimate of drug-likeness (QED) is 0.622. The van der Waals surface area contributed by atoms with E-state index in [2.05, 4.69) is 9.88 Å². The number of hydrogen-bond acceptors (Lipinski definition) is 3. The summed E-state index contributed by atoms with van der Waals surface area (Å²) in [6.07, 6.45) is 3.71. The van der Waals surface area contributed by atoms with E-state index in [9.17, 15) is 18.8 Å². The number of nitrogens with one attached hydrogen (secondary N) is 1. The van der Waals surface area contributed by atoms with E-state index in [-0.39, 0.29) is 17.4 Å². The summed E-state index contributed by atoms with van der Waals surface area (Å²) in [4.78, 5) is 12.4. The van der Waals surface area contributed by atoms with Crippen molar-refractivity contribution in [2.75, 3.05) is 11.9 Å². The second-order valence-electron chi connectivity index (χ2n) is 6.82. The van der Waals surface area contributed by atoms with Crippen LogP contribution >= 0.6 is 0 Å². The topological polar surface area (TPSA) is 67.0 Å². The summed E-state index contributed by atoms with van der Waals surface area (Å²) in [7, 11) is 0. The average molecular weight is 385 g/mol. The van der Waals surface area contributed by atoms with Gasteiger partial charge in [-0.05, 0) is 56.5 Å². The lowest BCUT2D eigenvalue weighted by atomic mass is 10.1. The third-order valence-corrected chi connectivity index (χ3v) is 4.87. The predicted molar refractivity (Wildman–Crippen MR) is 101 cm³/mol. The number of aryl methyl sites for hydroxylation is 1. The van der Waals surface area contributed by atoms with Gasteiger partial charge < -0.3 is 14.6 Å². The molecule has 0 aliphatic carbocycles. The van der Waals surface area contributed by atoms with Crippen molar-refractivity contribution < 1.29 is 18.3 Å². The van der Waals surface area contributed by atoms with Gasteiger partial charge in [0.05, 0.1) is 11.8 Å². The SMILES string of the molecule is Cc1cc(/C=C(\C#N)C(=O)Nc2ccc(F)cc2F)c(C)n1CC1CCCO1. The van der Waals surface area contributed by atoms with Crippen molar-refractivity contribution in [3.05, 3.63) is 58.4 Å². The molecule has 1 saturated heterocycles. The largest absolute Gasteiger partial charge is 0.376 e. The molecular formula is C21H21F2N3O2. The second kappa shape index (κ2) is 8.36. The van der Waals surface area contributed by atoms with E-state index in [1.165, 1.54) is 6.08 Å². The van der Waals surface area contributed by atoms with E-state index in [1.54, 1.807) is 0 Å². The molecule has 1 atom stereocenters. The maximum Gasteiger partial charge on any atom is 0.266 e. The van der Waals surface area contributed by atoms with Crippen LogP contribution in [0, 0.1) is 36.8 Å².